The monoisotopic (exact) mass is 349 g/mol. The van der Waals surface area contributed by atoms with E-state index < -0.39 is 0 Å². The molecule has 2 rings (SSSR count). The van der Waals surface area contributed by atoms with Crippen LogP contribution in [-0.4, -0.2) is 17.6 Å². The number of anilines is 1. The van der Waals surface area contributed by atoms with Gasteiger partial charge in [-0.25, -0.2) is 0 Å². The zero-order chi connectivity index (χ0) is 15.2. The number of hydrogen-bond donors (Lipinski definition) is 2. The number of amides is 1. The number of benzene rings is 2. The Hall–Kier alpha value is -1.85. The second-order valence-corrected chi connectivity index (χ2v) is 5.44. The van der Waals surface area contributed by atoms with Gasteiger partial charge in [0.1, 0.15) is 5.75 Å². The molecule has 0 unspecified atom stereocenters. The van der Waals surface area contributed by atoms with Gasteiger partial charge < -0.3 is 15.2 Å². The molecule has 0 saturated heterocycles. The summed E-state index contributed by atoms with van der Waals surface area (Å²) in [6.45, 7) is 1.76. The average Bonchev–Trinajstić information content (AvgIpc) is 2.47. The fourth-order valence-electron chi connectivity index (χ4n) is 1.83. The van der Waals surface area contributed by atoms with E-state index in [-0.39, 0.29) is 19.1 Å². The Balaban J connectivity index is 1.96. The summed E-state index contributed by atoms with van der Waals surface area (Å²) in [6, 6.07) is 12.8. The lowest BCUT2D eigenvalue weighted by Crippen LogP contribution is -2.21. The van der Waals surface area contributed by atoms with E-state index >= 15 is 0 Å². The van der Waals surface area contributed by atoms with Crippen LogP contribution in [0.25, 0.3) is 0 Å². The number of aryl methyl sites for hydroxylation is 1. The lowest BCUT2D eigenvalue weighted by atomic mass is 10.2. The molecule has 0 bridgehead atoms. The van der Waals surface area contributed by atoms with Gasteiger partial charge in [0.15, 0.2) is 6.61 Å². The minimum absolute atomic E-state index is 0.0958. The number of carbonyl (C=O) groups excluding carboxylic acids is 1. The first-order valence-corrected chi connectivity index (χ1v) is 7.27. The predicted molar refractivity (Wildman–Crippen MR) is 85.4 cm³/mol. The predicted octanol–water partition coefficient (Wildman–Crippen LogP) is 3.27. The van der Waals surface area contributed by atoms with Gasteiger partial charge in [0.05, 0.1) is 11.1 Å². The summed E-state index contributed by atoms with van der Waals surface area (Å²) in [6.07, 6.45) is 0. The highest BCUT2D eigenvalue weighted by Gasteiger charge is 2.08. The quantitative estimate of drug-likeness (QED) is 0.870. The van der Waals surface area contributed by atoms with E-state index in [1.165, 1.54) is 0 Å². The zero-order valence-corrected chi connectivity index (χ0v) is 13.2. The topological polar surface area (TPSA) is 58.6 Å². The van der Waals surface area contributed by atoms with Crippen LogP contribution in [0.4, 0.5) is 5.69 Å². The normalized spacial score (nSPS) is 10.2. The second kappa shape index (κ2) is 7.24. The van der Waals surface area contributed by atoms with Crippen molar-refractivity contribution < 1.29 is 14.6 Å². The maximum absolute atomic E-state index is 11.9. The third-order valence-electron chi connectivity index (χ3n) is 2.91. The number of ether oxygens (including phenoxy) is 1. The Labute approximate surface area is 131 Å². The number of para-hydroxylation sites is 1. The van der Waals surface area contributed by atoms with Crippen LogP contribution >= 0.6 is 15.9 Å². The van der Waals surface area contributed by atoms with Crippen LogP contribution in [0, 0.1) is 6.92 Å². The minimum atomic E-state index is -0.275. The van der Waals surface area contributed by atoms with Crippen LogP contribution < -0.4 is 10.1 Å². The van der Waals surface area contributed by atoms with Crippen molar-refractivity contribution >= 4 is 27.5 Å². The van der Waals surface area contributed by atoms with Crippen molar-refractivity contribution in [2.45, 2.75) is 13.5 Å². The Morgan fingerprint density at radius 3 is 2.76 bits per heavy atom. The molecule has 2 aromatic carbocycles. The molecule has 0 radical (unpaired) electrons. The number of aliphatic hydroxyl groups is 1. The summed E-state index contributed by atoms with van der Waals surface area (Å²) in [5.41, 5.74) is 2.37. The summed E-state index contributed by atoms with van der Waals surface area (Å²) in [5.74, 6) is 0.342. The van der Waals surface area contributed by atoms with Crippen LogP contribution in [0.1, 0.15) is 11.1 Å². The SMILES string of the molecule is Cc1ccc(OCC(=O)Nc2ccccc2CO)c(Br)c1. The first-order chi connectivity index (χ1) is 10.1. The zero-order valence-electron chi connectivity index (χ0n) is 11.6. The lowest BCUT2D eigenvalue weighted by Gasteiger charge is -2.11. The maximum atomic E-state index is 11.9. The first-order valence-electron chi connectivity index (χ1n) is 6.47. The summed E-state index contributed by atoms with van der Waals surface area (Å²) < 4.78 is 6.29. The summed E-state index contributed by atoms with van der Waals surface area (Å²) in [7, 11) is 0. The number of halogens is 1. The molecule has 110 valence electrons. The van der Waals surface area contributed by atoms with Crippen molar-refractivity contribution in [2.75, 3.05) is 11.9 Å². The molecule has 21 heavy (non-hydrogen) atoms. The van der Waals surface area contributed by atoms with Gasteiger partial charge in [0, 0.05) is 11.3 Å². The van der Waals surface area contributed by atoms with Crippen molar-refractivity contribution in [3.05, 3.63) is 58.1 Å². The highest BCUT2D eigenvalue weighted by atomic mass is 79.9. The number of carbonyl (C=O) groups is 1. The molecule has 0 aliphatic carbocycles. The molecule has 0 aliphatic heterocycles. The Kier molecular flexibility index (Phi) is 5.36. The van der Waals surface area contributed by atoms with Crippen LogP contribution in [0.3, 0.4) is 0 Å². The summed E-state index contributed by atoms with van der Waals surface area (Å²) in [5, 5.41) is 11.9. The summed E-state index contributed by atoms with van der Waals surface area (Å²) >= 11 is 3.40. The maximum Gasteiger partial charge on any atom is 0.262 e. The molecule has 0 atom stereocenters. The molecular weight excluding hydrogens is 334 g/mol. The first kappa shape index (κ1) is 15.5. The smallest absolute Gasteiger partial charge is 0.262 e. The van der Waals surface area contributed by atoms with E-state index in [9.17, 15) is 9.90 Å². The van der Waals surface area contributed by atoms with E-state index in [1.807, 2.05) is 25.1 Å². The molecular formula is C16H16BrNO3. The van der Waals surface area contributed by atoms with E-state index in [4.69, 9.17) is 4.74 Å². The molecule has 0 aromatic heterocycles. The van der Waals surface area contributed by atoms with Gasteiger partial charge in [-0.1, -0.05) is 24.3 Å². The summed E-state index contributed by atoms with van der Waals surface area (Å²) in [4.78, 5) is 11.9. The highest BCUT2D eigenvalue weighted by molar-refractivity contribution is 9.10. The Morgan fingerprint density at radius 2 is 2.05 bits per heavy atom. The van der Waals surface area contributed by atoms with Gasteiger partial charge >= 0.3 is 0 Å². The van der Waals surface area contributed by atoms with Gasteiger partial charge in [-0.05, 0) is 46.6 Å². The Bertz CT molecular complexity index is 643. The molecule has 0 aliphatic rings. The van der Waals surface area contributed by atoms with Crippen molar-refractivity contribution in [1.82, 2.24) is 0 Å². The van der Waals surface area contributed by atoms with Crippen molar-refractivity contribution in [3.8, 4) is 5.75 Å². The third-order valence-corrected chi connectivity index (χ3v) is 3.53. The van der Waals surface area contributed by atoms with E-state index in [0.717, 1.165) is 10.0 Å². The molecule has 2 aromatic rings. The van der Waals surface area contributed by atoms with Crippen LogP contribution in [0.15, 0.2) is 46.9 Å². The molecule has 0 heterocycles. The molecule has 4 nitrogen and oxygen atoms in total. The largest absolute Gasteiger partial charge is 0.483 e. The molecule has 0 spiro atoms. The molecule has 5 heteroatoms. The number of aliphatic hydroxyl groups excluding tert-OH is 1. The Morgan fingerprint density at radius 1 is 1.29 bits per heavy atom. The molecule has 1 amide bonds. The molecule has 2 N–H and O–H groups in total. The van der Waals surface area contributed by atoms with Gasteiger partial charge in [0.25, 0.3) is 5.91 Å². The third kappa shape index (κ3) is 4.31. The highest BCUT2D eigenvalue weighted by Crippen LogP contribution is 2.25. The standard InChI is InChI=1S/C16H16BrNO3/c1-11-6-7-15(13(17)8-11)21-10-16(20)18-14-5-3-2-4-12(14)9-19/h2-8,19H,9-10H2,1H3,(H,18,20). The van der Waals surface area contributed by atoms with Crippen LogP contribution in [0.2, 0.25) is 0 Å². The van der Waals surface area contributed by atoms with Crippen LogP contribution in [-0.2, 0) is 11.4 Å². The number of nitrogens with one attached hydrogen (secondary N) is 1. The van der Waals surface area contributed by atoms with Crippen molar-refractivity contribution in [2.24, 2.45) is 0 Å². The fourth-order valence-corrected chi connectivity index (χ4v) is 2.44. The van der Waals surface area contributed by atoms with Gasteiger partial charge in [-0.2, -0.15) is 0 Å². The minimum Gasteiger partial charge on any atom is -0.483 e. The fraction of sp³-hybridized carbons (Fsp3) is 0.188. The van der Waals surface area contributed by atoms with E-state index in [0.29, 0.717) is 17.0 Å². The molecule has 0 saturated carbocycles. The van der Waals surface area contributed by atoms with E-state index in [2.05, 4.69) is 21.2 Å². The number of rotatable bonds is 5. The second-order valence-electron chi connectivity index (χ2n) is 4.59. The van der Waals surface area contributed by atoms with Gasteiger partial charge in [-0.15, -0.1) is 0 Å². The van der Waals surface area contributed by atoms with Crippen molar-refractivity contribution in [1.29, 1.82) is 0 Å². The van der Waals surface area contributed by atoms with Crippen LogP contribution in [0.5, 0.6) is 5.75 Å². The van der Waals surface area contributed by atoms with Crippen molar-refractivity contribution in [3.63, 3.8) is 0 Å². The number of hydrogen-bond acceptors (Lipinski definition) is 3. The van der Waals surface area contributed by atoms with Gasteiger partial charge in [-0.3, -0.25) is 4.79 Å². The van der Waals surface area contributed by atoms with Gasteiger partial charge in [0.2, 0.25) is 0 Å². The lowest BCUT2D eigenvalue weighted by molar-refractivity contribution is -0.118. The average molecular weight is 350 g/mol. The van der Waals surface area contributed by atoms with E-state index in [1.54, 1.807) is 24.3 Å². The molecule has 0 fully saturated rings.